The third-order valence-electron chi connectivity index (χ3n) is 4.31. The molecule has 0 spiro atoms. The number of ether oxygens (including phenoxy) is 1. The molecule has 154 valence electrons. The largest absolute Gasteiger partial charge is 0.496 e. The molecule has 0 aliphatic heterocycles. The maximum Gasteiger partial charge on any atom is 0.250 e. The van der Waals surface area contributed by atoms with E-state index in [9.17, 15) is 4.79 Å². The first-order chi connectivity index (χ1) is 13.2. The SMILES string of the molecule is CCNC(=NCc1ccccc1OC)NCCCCn1c(C)cccc1=O.I. The van der Waals surface area contributed by atoms with Gasteiger partial charge in [0.1, 0.15) is 5.75 Å². The number of guanidine groups is 1. The number of aliphatic imine (C=N–C) groups is 1. The molecule has 0 aliphatic carbocycles. The Hall–Kier alpha value is -2.03. The Kier molecular flexibility index (Phi) is 11.3. The number of aryl methyl sites for hydroxylation is 1. The van der Waals surface area contributed by atoms with Crippen LogP contribution in [0.1, 0.15) is 31.0 Å². The number of methoxy groups -OCH3 is 1. The van der Waals surface area contributed by atoms with Crippen molar-refractivity contribution in [3.8, 4) is 5.75 Å². The average Bonchev–Trinajstić information content (AvgIpc) is 2.68. The number of aromatic nitrogens is 1. The molecular weight excluding hydrogens is 467 g/mol. The van der Waals surface area contributed by atoms with Crippen LogP contribution in [0.4, 0.5) is 0 Å². The van der Waals surface area contributed by atoms with Gasteiger partial charge in [-0.1, -0.05) is 24.3 Å². The maximum absolute atomic E-state index is 11.9. The Bertz CT molecular complexity index is 805. The molecule has 0 saturated heterocycles. The van der Waals surface area contributed by atoms with Crippen molar-refractivity contribution in [3.05, 3.63) is 64.1 Å². The van der Waals surface area contributed by atoms with Gasteiger partial charge < -0.3 is 19.9 Å². The van der Waals surface area contributed by atoms with Crippen LogP contribution in [0, 0.1) is 6.92 Å². The van der Waals surface area contributed by atoms with Crippen molar-refractivity contribution < 1.29 is 4.74 Å². The summed E-state index contributed by atoms with van der Waals surface area (Å²) in [5.41, 5.74) is 2.12. The lowest BCUT2D eigenvalue weighted by Crippen LogP contribution is -2.37. The molecule has 0 amide bonds. The Morgan fingerprint density at radius 1 is 1.11 bits per heavy atom. The van der Waals surface area contributed by atoms with Gasteiger partial charge in [0.2, 0.25) is 0 Å². The summed E-state index contributed by atoms with van der Waals surface area (Å²) in [4.78, 5) is 16.5. The lowest BCUT2D eigenvalue weighted by atomic mass is 10.2. The van der Waals surface area contributed by atoms with E-state index in [1.807, 2.05) is 48.7 Å². The molecule has 7 heteroatoms. The molecule has 2 rings (SSSR count). The van der Waals surface area contributed by atoms with Crippen LogP contribution in [0.15, 0.2) is 52.3 Å². The Morgan fingerprint density at radius 2 is 1.89 bits per heavy atom. The molecule has 0 radical (unpaired) electrons. The minimum atomic E-state index is 0. The predicted octanol–water partition coefficient (Wildman–Crippen LogP) is 3.32. The van der Waals surface area contributed by atoms with Gasteiger partial charge in [-0.2, -0.15) is 0 Å². The van der Waals surface area contributed by atoms with E-state index in [1.165, 1.54) is 0 Å². The zero-order valence-corrected chi connectivity index (χ0v) is 19.2. The monoisotopic (exact) mass is 498 g/mol. The lowest BCUT2D eigenvalue weighted by Gasteiger charge is -2.13. The highest BCUT2D eigenvalue weighted by Crippen LogP contribution is 2.17. The van der Waals surface area contributed by atoms with Gasteiger partial charge in [0.05, 0.1) is 13.7 Å². The van der Waals surface area contributed by atoms with Crippen LogP contribution in [0.25, 0.3) is 0 Å². The number of rotatable bonds is 9. The number of nitrogens with one attached hydrogen (secondary N) is 2. The first kappa shape index (κ1) is 24.0. The van der Waals surface area contributed by atoms with E-state index >= 15 is 0 Å². The summed E-state index contributed by atoms with van der Waals surface area (Å²) in [6.45, 7) is 6.91. The summed E-state index contributed by atoms with van der Waals surface area (Å²) in [5, 5.41) is 6.61. The zero-order chi connectivity index (χ0) is 19.5. The van der Waals surface area contributed by atoms with Gasteiger partial charge in [0, 0.05) is 37.0 Å². The number of pyridine rings is 1. The summed E-state index contributed by atoms with van der Waals surface area (Å²) < 4.78 is 7.19. The van der Waals surface area contributed by atoms with Crippen molar-refractivity contribution in [2.75, 3.05) is 20.2 Å². The van der Waals surface area contributed by atoms with Crippen molar-refractivity contribution in [1.82, 2.24) is 15.2 Å². The fourth-order valence-corrected chi connectivity index (χ4v) is 2.85. The Balaban J connectivity index is 0.00000392. The first-order valence-corrected chi connectivity index (χ1v) is 9.46. The van der Waals surface area contributed by atoms with Crippen LogP contribution in [-0.4, -0.2) is 30.7 Å². The number of para-hydroxylation sites is 1. The molecule has 6 nitrogen and oxygen atoms in total. The highest BCUT2D eigenvalue weighted by molar-refractivity contribution is 14.0. The fourth-order valence-electron chi connectivity index (χ4n) is 2.85. The second kappa shape index (κ2) is 13.2. The van der Waals surface area contributed by atoms with Crippen LogP contribution >= 0.6 is 24.0 Å². The van der Waals surface area contributed by atoms with Gasteiger partial charge >= 0.3 is 0 Å². The van der Waals surface area contributed by atoms with Crippen LogP contribution in [0.3, 0.4) is 0 Å². The van der Waals surface area contributed by atoms with Crippen molar-refractivity contribution in [2.45, 2.75) is 39.8 Å². The summed E-state index contributed by atoms with van der Waals surface area (Å²) >= 11 is 0. The van der Waals surface area contributed by atoms with E-state index in [-0.39, 0.29) is 29.5 Å². The number of nitrogens with zero attached hydrogens (tertiary/aromatic N) is 2. The standard InChI is InChI=1S/C21H30N4O2.HI/c1-4-22-21(24-16-18-11-5-6-12-19(18)27-3)23-14-7-8-15-25-17(2)10-9-13-20(25)26;/h5-6,9-13H,4,7-8,14-16H2,1-3H3,(H2,22,23,24);1H. The summed E-state index contributed by atoms with van der Waals surface area (Å²) in [6, 6.07) is 13.3. The number of benzene rings is 1. The van der Waals surface area contributed by atoms with Crippen molar-refractivity contribution in [1.29, 1.82) is 0 Å². The molecule has 1 aromatic carbocycles. The quantitative estimate of drug-likeness (QED) is 0.241. The van der Waals surface area contributed by atoms with Crippen LogP contribution in [-0.2, 0) is 13.1 Å². The van der Waals surface area contributed by atoms with Crippen LogP contribution in [0.2, 0.25) is 0 Å². The normalized spacial score (nSPS) is 10.9. The molecule has 0 aliphatic rings. The van der Waals surface area contributed by atoms with E-state index < -0.39 is 0 Å². The first-order valence-electron chi connectivity index (χ1n) is 9.46. The average molecular weight is 498 g/mol. The van der Waals surface area contributed by atoms with Gasteiger partial charge in [0.25, 0.3) is 5.56 Å². The zero-order valence-electron chi connectivity index (χ0n) is 16.9. The predicted molar refractivity (Wildman–Crippen MR) is 126 cm³/mol. The van der Waals surface area contributed by atoms with Gasteiger partial charge in [0.15, 0.2) is 5.96 Å². The summed E-state index contributed by atoms with van der Waals surface area (Å²) in [6.07, 6.45) is 1.89. The molecule has 0 saturated carbocycles. The Morgan fingerprint density at radius 3 is 2.61 bits per heavy atom. The number of hydrogen-bond acceptors (Lipinski definition) is 3. The lowest BCUT2D eigenvalue weighted by molar-refractivity contribution is 0.410. The van der Waals surface area contributed by atoms with Crippen LogP contribution < -0.4 is 20.9 Å². The topological polar surface area (TPSA) is 67.7 Å². The molecule has 0 bridgehead atoms. The highest BCUT2D eigenvalue weighted by atomic mass is 127. The van der Waals surface area contributed by atoms with E-state index in [0.717, 1.165) is 55.4 Å². The van der Waals surface area contributed by atoms with Gasteiger partial charge in [-0.05, 0) is 38.8 Å². The van der Waals surface area contributed by atoms with E-state index in [4.69, 9.17) is 4.74 Å². The number of halogens is 1. The van der Waals surface area contributed by atoms with Crippen molar-refractivity contribution in [3.63, 3.8) is 0 Å². The maximum atomic E-state index is 11.9. The van der Waals surface area contributed by atoms with E-state index in [2.05, 4.69) is 15.6 Å². The smallest absolute Gasteiger partial charge is 0.250 e. The van der Waals surface area contributed by atoms with Crippen molar-refractivity contribution in [2.24, 2.45) is 4.99 Å². The molecule has 2 N–H and O–H groups in total. The summed E-state index contributed by atoms with van der Waals surface area (Å²) in [5.74, 6) is 1.64. The molecule has 0 fully saturated rings. The van der Waals surface area contributed by atoms with E-state index in [0.29, 0.717) is 6.54 Å². The van der Waals surface area contributed by atoms with Gasteiger partial charge in [-0.3, -0.25) is 4.79 Å². The molecule has 1 aromatic heterocycles. The molecule has 1 heterocycles. The molecule has 0 unspecified atom stereocenters. The third-order valence-corrected chi connectivity index (χ3v) is 4.31. The molecule has 28 heavy (non-hydrogen) atoms. The van der Waals surface area contributed by atoms with Crippen LogP contribution in [0.5, 0.6) is 5.75 Å². The second-order valence-electron chi connectivity index (χ2n) is 6.30. The molecule has 2 aromatic rings. The van der Waals surface area contributed by atoms with E-state index in [1.54, 1.807) is 19.2 Å². The summed E-state index contributed by atoms with van der Waals surface area (Å²) in [7, 11) is 1.67. The fraction of sp³-hybridized carbons (Fsp3) is 0.429. The third kappa shape index (κ3) is 7.53. The van der Waals surface area contributed by atoms with Crippen molar-refractivity contribution >= 4 is 29.9 Å². The Labute approximate surface area is 184 Å². The number of unbranched alkanes of at least 4 members (excludes halogenated alkanes) is 1. The molecule has 0 atom stereocenters. The van der Waals surface area contributed by atoms with Gasteiger partial charge in [-0.15, -0.1) is 24.0 Å². The highest BCUT2D eigenvalue weighted by Gasteiger charge is 2.03. The molecular formula is C21H31IN4O2. The second-order valence-corrected chi connectivity index (χ2v) is 6.30. The number of hydrogen-bond donors (Lipinski definition) is 2. The minimum Gasteiger partial charge on any atom is -0.496 e. The van der Waals surface area contributed by atoms with Gasteiger partial charge in [-0.25, -0.2) is 4.99 Å². The minimum absolute atomic E-state index is 0.